The van der Waals surface area contributed by atoms with Crippen molar-refractivity contribution in [1.82, 2.24) is 0 Å². The molecule has 0 aliphatic heterocycles. The molecule has 3 amide bonds. The Bertz CT molecular complexity index is 729. The minimum atomic E-state index is -0.616. The molecule has 0 bridgehead atoms. The lowest BCUT2D eigenvalue weighted by atomic mass is 9.86. The van der Waals surface area contributed by atoms with Gasteiger partial charge in [-0.15, -0.1) is 0 Å². The van der Waals surface area contributed by atoms with Crippen molar-refractivity contribution in [3.8, 4) is 0 Å². The molecule has 0 unspecified atom stereocenters. The molecule has 5 heteroatoms. The van der Waals surface area contributed by atoms with Crippen LogP contribution in [-0.2, 0) is 16.6 Å². The van der Waals surface area contributed by atoms with Gasteiger partial charge in [-0.05, 0) is 47.2 Å². The average Bonchev–Trinajstić information content (AvgIpc) is 2.54. The average molecular weight is 339 g/mol. The number of aryl methyl sites for hydroxylation is 1. The minimum absolute atomic E-state index is 0.0458. The molecule has 0 aliphatic carbocycles. The van der Waals surface area contributed by atoms with Crippen LogP contribution in [0.1, 0.15) is 38.3 Å². The van der Waals surface area contributed by atoms with Crippen molar-refractivity contribution >= 4 is 23.3 Å². The first-order valence-electron chi connectivity index (χ1n) is 8.30. The highest BCUT2D eigenvalue weighted by molar-refractivity contribution is 5.92. The van der Waals surface area contributed by atoms with Crippen LogP contribution in [0, 0.1) is 0 Å². The molecule has 2 aromatic rings. The highest BCUT2D eigenvalue weighted by atomic mass is 16.2. The maximum absolute atomic E-state index is 12.1. The topological polar surface area (TPSA) is 84.2 Å². The molecule has 0 atom stereocenters. The van der Waals surface area contributed by atoms with Crippen LogP contribution in [0.25, 0.3) is 0 Å². The molecule has 0 heterocycles. The number of nitrogens with one attached hydrogen (secondary N) is 2. The molecule has 0 saturated carbocycles. The first-order chi connectivity index (χ1) is 11.7. The van der Waals surface area contributed by atoms with Gasteiger partial charge in [0.2, 0.25) is 5.91 Å². The molecule has 2 aromatic carbocycles. The predicted octanol–water partition coefficient (Wildman–Crippen LogP) is 4.05. The van der Waals surface area contributed by atoms with E-state index in [1.54, 1.807) is 24.3 Å². The van der Waals surface area contributed by atoms with Crippen molar-refractivity contribution in [2.75, 3.05) is 10.6 Å². The number of carbonyl (C=O) groups excluding carboxylic acids is 2. The summed E-state index contributed by atoms with van der Waals surface area (Å²) in [6.07, 6.45) is 1.10. The second-order valence-electron chi connectivity index (χ2n) is 7.06. The summed E-state index contributed by atoms with van der Waals surface area (Å²) in [6, 6.07) is 14.6. The molecule has 0 saturated heterocycles. The zero-order valence-electron chi connectivity index (χ0n) is 14.9. The Kier molecular flexibility index (Phi) is 5.80. The summed E-state index contributed by atoms with van der Waals surface area (Å²) in [5, 5.41) is 5.32. The van der Waals surface area contributed by atoms with E-state index in [0.29, 0.717) is 24.2 Å². The summed E-state index contributed by atoms with van der Waals surface area (Å²) in [4.78, 5) is 22.8. The van der Waals surface area contributed by atoms with Gasteiger partial charge in [0, 0.05) is 17.8 Å². The fourth-order valence-electron chi connectivity index (χ4n) is 2.43. The van der Waals surface area contributed by atoms with E-state index in [0.717, 1.165) is 5.56 Å². The van der Waals surface area contributed by atoms with Gasteiger partial charge in [-0.3, -0.25) is 4.79 Å². The smallest absolute Gasteiger partial charge is 0.316 e. The largest absolute Gasteiger partial charge is 0.351 e. The Morgan fingerprint density at radius 3 is 1.88 bits per heavy atom. The molecule has 0 aliphatic rings. The number of hydrogen-bond donors (Lipinski definition) is 3. The number of nitrogens with two attached hydrogens (primary N) is 1. The number of benzene rings is 2. The number of amides is 3. The molecule has 5 nitrogen and oxygen atoms in total. The van der Waals surface area contributed by atoms with Crippen LogP contribution < -0.4 is 16.4 Å². The van der Waals surface area contributed by atoms with E-state index >= 15 is 0 Å². The van der Waals surface area contributed by atoms with Crippen molar-refractivity contribution in [3.05, 3.63) is 59.7 Å². The monoisotopic (exact) mass is 339 g/mol. The van der Waals surface area contributed by atoms with Crippen molar-refractivity contribution < 1.29 is 9.59 Å². The van der Waals surface area contributed by atoms with Gasteiger partial charge in [0.15, 0.2) is 0 Å². The van der Waals surface area contributed by atoms with Crippen LogP contribution in [-0.4, -0.2) is 11.9 Å². The van der Waals surface area contributed by atoms with E-state index < -0.39 is 6.03 Å². The van der Waals surface area contributed by atoms with E-state index in [1.807, 2.05) is 0 Å². The van der Waals surface area contributed by atoms with Gasteiger partial charge in [0.1, 0.15) is 0 Å². The maximum atomic E-state index is 12.1. The number of carbonyl (C=O) groups is 2. The van der Waals surface area contributed by atoms with Crippen LogP contribution >= 0.6 is 0 Å². The third-order valence-corrected chi connectivity index (χ3v) is 3.90. The zero-order chi connectivity index (χ0) is 18.4. The van der Waals surface area contributed by atoms with E-state index in [1.165, 1.54) is 5.56 Å². The van der Waals surface area contributed by atoms with E-state index in [4.69, 9.17) is 5.73 Å². The fraction of sp³-hybridized carbons (Fsp3) is 0.300. The number of rotatable bonds is 5. The van der Waals surface area contributed by atoms with Gasteiger partial charge >= 0.3 is 6.03 Å². The maximum Gasteiger partial charge on any atom is 0.316 e. The summed E-state index contributed by atoms with van der Waals surface area (Å²) in [6.45, 7) is 6.54. The summed E-state index contributed by atoms with van der Waals surface area (Å²) in [5.41, 5.74) is 8.88. The Labute approximate surface area is 148 Å². The highest BCUT2D eigenvalue weighted by Crippen LogP contribution is 2.22. The summed E-state index contributed by atoms with van der Waals surface area (Å²) >= 11 is 0. The van der Waals surface area contributed by atoms with E-state index in [2.05, 4.69) is 55.7 Å². The molecule has 0 spiro atoms. The van der Waals surface area contributed by atoms with Crippen LogP contribution in [0.15, 0.2) is 48.5 Å². The summed E-state index contributed by atoms with van der Waals surface area (Å²) in [7, 11) is 0. The van der Waals surface area contributed by atoms with Gasteiger partial charge in [-0.2, -0.15) is 0 Å². The molecular weight excluding hydrogens is 314 g/mol. The van der Waals surface area contributed by atoms with Gasteiger partial charge in [0.05, 0.1) is 0 Å². The first kappa shape index (κ1) is 18.5. The minimum Gasteiger partial charge on any atom is -0.351 e. The molecule has 0 radical (unpaired) electrons. The van der Waals surface area contributed by atoms with Crippen molar-refractivity contribution in [2.45, 2.75) is 39.0 Å². The quantitative estimate of drug-likeness (QED) is 0.768. The van der Waals surface area contributed by atoms with Crippen LogP contribution in [0.2, 0.25) is 0 Å². The summed E-state index contributed by atoms with van der Waals surface area (Å²) in [5.74, 6) is -0.0458. The van der Waals surface area contributed by atoms with Gasteiger partial charge < -0.3 is 16.4 Å². The Morgan fingerprint density at radius 1 is 0.880 bits per heavy atom. The molecule has 4 N–H and O–H groups in total. The Balaban J connectivity index is 1.85. The number of anilines is 2. The molecule has 132 valence electrons. The summed E-state index contributed by atoms with van der Waals surface area (Å²) < 4.78 is 0. The van der Waals surface area contributed by atoms with Crippen LogP contribution in [0.4, 0.5) is 16.2 Å². The van der Waals surface area contributed by atoms with E-state index in [-0.39, 0.29) is 11.3 Å². The molecule has 25 heavy (non-hydrogen) atoms. The normalized spacial score (nSPS) is 11.0. The van der Waals surface area contributed by atoms with Gasteiger partial charge in [0.25, 0.3) is 0 Å². The van der Waals surface area contributed by atoms with E-state index in [9.17, 15) is 9.59 Å². The molecule has 0 fully saturated rings. The van der Waals surface area contributed by atoms with Crippen LogP contribution in [0.3, 0.4) is 0 Å². The predicted molar refractivity (Wildman–Crippen MR) is 102 cm³/mol. The third kappa shape index (κ3) is 5.95. The third-order valence-electron chi connectivity index (χ3n) is 3.90. The molecule has 0 aromatic heterocycles. The lowest BCUT2D eigenvalue weighted by Crippen LogP contribution is -2.19. The Morgan fingerprint density at radius 2 is 1.40 bits per heavy atom. The van der Waals surface area contributed by atoms with Crippen LogP contribution in [0.5, 0.6) is 0 Å². The Hall–Kier alpha value is -2.82. The molecule has 2 rings (SSSR count). The number of hydrogen-bond acceptors (Lipinski definition) is 2. The zero-order valence-corrected chi connectivity index (χ0v) is 14.9. The number of primary amides is 1. The lowest BCUT2D eigenvalue weighted by molar-refractivity contribution is -0.116. The first-order valence-corrected chi connectivity index (χ1v) is 8.30. The van der Waals surface area contributed by atoms with Crippen molar-refractivity contribution in [2.24, 2.45) is 5.73 Å². The standard InChI is InChI=1S/C20H25N3O2/c1-20(2,3)15-7-4-14(5-8-15)6-13-18(24)22-16-9-11-17(12-10-16)23-19(21)25/h4-5,7-12H,6,13H2,1-3H3,(H,22,24)(H3,21,23,25). The van der Waals surface area contributed by atoms with Crippen molar-refractivity contribution in [1.29, 1.82) is 0 Å². The molecular formula is C20H25N3O2. The van der Waals surface area contributed by atoms with Gasteiger partial charge in [-0.1, -0.05) is 45.0 Å². The second-order valence-corrected chi connectivity index (χ2v) is 7.06. The highest BCUT2D eigenvalue weighted by Gasteiger charge is 2.13. The second kappa shape index (κ2) is 7.83. The fourth-order valence-corrected chi connectivity index (χ4v) is 2.43. The van der Waals surface area contributed by atoms with Crippen molar-refractivity contribution in [3.63, 3.8) is 0 Å². The number of urea groups is 1. The van der Waals surface area contributed by atoms with Gasteiger partial charge in [-0.25, -0.2) is 4.79 Å². The lowest BCUT2D eigenvalue weighted by Gasteiger charge is -2.19. The SMILES string of the molecule is CC(C)(C)c1ccc(CCC(=O)Nc2ccc(NC(N)=O)cc2)cc1.